The van der Waals surface area contributed by atoms with Gasteiger partial charge in [-0.3, -0.25) is 10.7 Å². The summed E-state index contributed by atoms with van der Waals surface area (Å²) in [6.07, 6.45) is -3.74. The van der Waals surface area contributed by atoms with Crippen LogP contribution in [0, 0.1) is 6.54 Å². The van der Waals surface area contributed by atoms with Crippen LogP contribution < -0.4 is 10.7 Å². The Morgan fingerprint density at radius 3 is 3.07 bits per heavy atom. The van der Waals surface area contributed by atoms with Gasteiger partial charge in [0.05, 0.1) is 6.42 Å². The third-order valence-electron chi connectivity index (χ3n) is 2.07. The van der Waals surface area contributed by atoms with E-state index in [1.807, 2.05) is 0 Å². The van der Waals surface area contributed by atoms with Gasteiger partial charge in [-0.25, -0.2) is 0 Å². The zero-order valence-corrected chi connectivity index (χ0v) is 7.17. The number of alkyl halides is 3. The third-order valence-corrected chi connectivity index (χ3v) is 2.07. The van der Waals surface area contributed by atoms with Gasteiger partial charge in [0.15, 0.2) is 0 Å². The lowest BCUT2D eigenvalue weighted by atomic mass is 10.1. The summed E-state index contributed by atoms with van der Waals surface area (Å²) < 4.78 is 36.1. The largest absolute Gasteiger partial charge is 0.390 e. The van der Waals surface area contributed by atoms with Gasteiger partial charge < -0.3 is 4.90 Å². The quantitative estimate of drug-likeness (QED) is 0.640. The Hall–Kier alpha value is -0.980. The predicted octanol–water partition coefficient (Wildman–Crippen LogP) is 0.124. The van der Waals surface area contributed by atoms with Crippen LogP contribution in [0.3, 0.4) is 0 Å². The van der Waals surface area contributed by atoms with Crippen LogP contribution in [0.15, 0.2) is 5.10 Å². The maximum atomic E-state index is 12.0. The molecule has 0 bridgehead atoms. The maximum Gasteiger partial charge on any atom is 0.390 e. The normalized spacial score (nSPS) is 31.5. The Bertz CT molecular complexity index is 240. The Kier molecular flexibility index (Phi) is 2.26. The molecule has 1 fully saturated rings. The van der Waals surface area contributed by atoms with Crippen molar-refractivity contribution in [1.82, 2.24) is 15.6 Å². The number of nitrogens with one attached hydrogen (secondary N) is 2. The molecule has 14 heavy (non-hydrogen) atoms. The average molecular weight is 206 g/mol. The lowest BCUT2D eigenvalue weighted by Gasteiger charge is -2.34. The van der Waals surface area contributed by atoms with Crippen molar-refractivity contribution in [1.29, 1.82) is 0 Å². The number of halogens is 3. The fraction of sp³-hybridized carbons (Fsp3) is 0.714. The lowest BCUT2D eigenvalue weighted by molar-refractivity contribution is -0.141. The van der Waals surface area contributed by atoms with Crippen molar-refractivity contribution >= 4 is 6.34 Å². The number of nitrogens with zero attached hydrogens (tertiary/aromatic N) is 2. The molecule has 2 unspecified atom stereocenters. The number of hydrogen-bond donors (Lipinski definition) is 2. The minimum atomic E-state index is -4.14. The van der Waals surface area contributed by atoms with Crippen LogP contribution >= 0.6 is 0 Å². The summed E-state index contributed by atoms with van der Waals surface area (Å²) in [7, 11) is 0. The van der Waals surface area contributed by atoms with Gasteiger partial charge >= 0.3 is 6.18 Å². The van der Waals surface area contributed by atoms with Gasteiger partial charge in [-0.15, -0.1) is 0 Å². The average Bonchev–Trinajstić information content (AvgIpc) is 2.47. The zero-order chi connectivity index (χ0) is 10.2. The zero-order valence-electron chi connectivity index (χ0n) is 7.17. The Morgan fingerprint density at radius 2 is 2.36 bits per heavy atom. The summed E-state index contributed by atoms with van der Waals surface area (Å²) in [6, 6.07) is -0.641. The SMILES string of the molecule is FC(F)(F)CC1CN2C=NNC2[C]N1. The molecule has 2 radical (unpaired) electrons. The van der Waals surface area contributed by atoms with Gasteiger partial charge in [-0.2, -0.15) is 18.3 Å². The van der Waals surface area contributed by atoms with Gasteiger partial charge in [-0.1, -0.05) is 0 Å². The molecule has 0 spiro atoms. The Morgan fingerprint density at radius 1 is 1.57 bits per heavy atom. The molecule has 2 N–H and O–H groups in total. The molecule has 2 rings (SSSR count). The minimum Gasteiger partial charge on any atom is -0.336 e. The first-order valence-corrected chi connectivity index (χ1v) is 4.17. The highest BCUT2D eigenvalue weighted by atomic mass is 19.4. The summed E-state index contributed by atoms with van der Waals surface area (Å²) in [5.74, 6) is 0. The van der Waals surface area contributed by atoms with E-state index in [0.717, 1.165) is 0 Å². The number of rotatable bonds is 1. The number of fused-ring (bicyclic) bond motifs is 1. The van der Waals surface area contributed by atoms with Crippen molar-refractivity contribution in [2.45, 2.75) is 24.8 Å². The Balaban J connectivity index is 1.88. The Labute approximate surface area is 79.1 Å². The van der Waals surface area contributed by atoms with Crippen molar-refractivity contribution in [3.05, 3.63) is 6.54 Å². The number of hydrogen-bond acceptors (Lipinski definition) is 4. The molecule has 2 aliphatic rings. The van der Waals surface area contributed by atoms with Crippen molar-refractivity contribution < 1.29 is 13.2 Å². The molecular formula is C7H9F3N4. The maximum absolute atomic E-state index is 12.0. The highest BCUT2D eigenvalue weighted by Gasteiger charge is 2.37. The van der Waals surface area contributed by atoms with E-state index in [0.29, 0.717) is 0 Å². The van der Waals surface area contributed by atoms with Crippen LogP contribution in [0.4, 0.5) is 13.2 Å². The van der Waals surface area contributed by atoms with Crippen molar-refractivity contribution in [3.8, 4) is 0 Å². The summed E-state index contributed by atoms with van der Waals surface area (Å²) in [5, 5.41) is 6.32. The molecule has 0 aliphatic carbocycles. The molecule has 0 amide bonds. The summed E-state index contributed by atoms with van der Waals surface area (Å²) in [4.78, 5) is 1.67. The van der Waals surface area contributed by atoms with E-state index in [2.05, 4.69) is 22.4 Å². The van der Waals surface area contributed by atoms with Crippen LogP contribution in [0.5, 0.6) is 0 Å². The van der Waals surface area contributed by atoms with Crippen LogP contribution in [0.25, 0.3) is 0 Å². The van der Waals surface area contributed by atoms with Gasteiger partial charge in [0.25, 0.3) is 0 Å². The molecule has 0 aromatic rings. The third kappa shape index (κ3) is 2.09. The first-order valence-electron chi connectivity index (χ1n) is 4.17. The topological polar surface area (TPSA) is 39.7 Å². The molecule has 1 saturated heterocycles. The van der Waals surface area contributed by atoms with Gasteiger partial charge in [0.2, 0.25) is 0 Å². The summed E-state index contributed by atoms with van der Waals surface area (Å²) in [6.45, 7) is 2.98. The van der Waals surface area contributed by atoms with Crippen molar-refractivity contribution in [2.24, 2.45) is 5.10 Å². The van der Waals surface area contributed by atoms with Crippen LogP contribution in [-0.4, -0.2) is 36.2 Å². The molecule has 0 aromatic carbocycles. The second-order valence-electron chi connectivity index (χ2n) is 3.28. The predicted molar refractivity (Wildman–Crippen MR) is 43.0 cm³/mol. The monoisotopic (exact) mass is 206 g/mol. The number of piperazine rings is 1. The molecule has 0 saturated carbocycles. The molecule has 2 heterocycles. The van der Waals surface area contributed by atoms with E-state index in [-0.39, 0.29) is 12.7 Å². The number of hydrazone groups is 1. The fourth-order valence-corrected chi connectivity index (χ4v) is 1.48. The first-order chi connectivity index (χ1) is 6.54. The van der Waals surface area contributed by atoms with E-state index in [1.165, 1.54) is 6.34 Å². The molecule has 4 nitrogen and oxygen atoms in total. The van der Waals surface area contributed by atoms with Gasteiger partial charge in [0, 0.05) is 12.6 Å². The van der Waals surface area contributed by atoms with Crippen LogP contribution in [0.1, 0.15) is 6.42 Å². The van der Waals surface area contributed by atoms with Crippen molar-refractivity contribution in [2.75, 3.05) is 6.54 Å². The molecular weight excluding hydrogens is 197 g/mol. The van der Waals surface area contributed by atoms with Gasteiger partial charge in [-0.05, 0) is 0 Å². The second-order valence-corrected chi connectivity index (χ2v) is 3.28. The first kappa shape index (κ1) is 9.57. The second kappa shape index (κ2) is 3.30. The molecule has 78 valence electrons. The molecule has 2 aliphatic heterocycles. The lowest BCUT2D eigenvalue weighted by Crippen LogP contribution is -2.55. The molecule has 0 aromatic heterocycles. The van der Waals surface area contributed by atoms with E-state index in [9.17, 15) is 13.2 Å². The van der Waals surface area contributed by atoms with E-state index < -0.39 is 18.6 Å². The van der Waals surface area contributed by atoms with Gasteiger partial charge in [0.1, 0.15) is 19.0 Å². The van der Waals surface area contributed by atoms with E-state index in [1.54, 1.807) is 4.90 Å². The smallest absolute Gasteiger partial charge is 0.336 e. The standard InChI is InChI=1S/C7H9F3N4/c8-7(9,10)1-5-3-14-4-12-13-6(14)2-11-5/h4-6,11,13H,1,3H2. The molecule has 7 heteroatoms. The highest BCUT2D eigenvalue weighted by molar-refractivity contribution is 5.57. The summed E-state index contributed by atoms with van der Waals surface area (Å²) in [5.41, 5.74) is 2.68. The van der Waals surface area contributed by atoms with Crippen LogP contribution in [0.2, 0.25) is 0 Å². The van der Waals surface area contributed by atoms with Crippen molar-refractivity contribution in [3.63, 3.8) is 0 Å². The minimum absolute atomic E-state index is 0.237. The fourth-order valence-electron chi connectivity index (χ4n) is 1.48. The summed E-state index contributed by atoms with van der Waals surface area (Å²) >= 11 is 0. The van der Waals surface area contributed by atoms with E-state index in [4.69, 9.17) is 0 Å². The highest BCUT2D eigenvalue weighted by Crippen LogP contribution is 2.24. The van der Waals surface area contributed by atoms with Crippen LogP contribution in [-0.2, 0) is 0 Å². The van der Waals surface area contributed by atoms with E-state index >= 15 is 0 Å². The molecule has 2 atom stereocenters.